The van der Waals surface area contributed by atoms with Gasteiger partial charge in [-0.15, -0.1) is 0 Å². The Bertz CT molecular complexity index is 1050. The van der Waals surface area contributed by atoms with Crippen LogP contribution in [0.15, 0.2) is 0 Å². The number of unbranched alkanes of at least 4 members (excludes halogenated alkanes) is 30. The number of nitrogens with zero attached hydrogens (tertiary/aromatic N) is 2. The summed E-state index contributed by atoms with van der Waals surface area (Å²) in [5, 5.41) is 11.8. The van der Waals surface area contributed by atoms with Gasteiger partial charge in [0.1, 0.15) is 12.7 Å². The van der Waals surface area contributed by atoms with Crippen LogP contribution in [-0.2, 0) is 32.7 Å². The van der Waals surface area contributed by atoms with Gasteiger partial charge in [0.25, 0.3) is 8.53 Å². The van der Waals surface area contributed by atoms with Crippen LogP contribution in [0.2, 0.25) is 0 Å². The van der Waals surface area contributed by atoms with Crippen molar-refractivity contribution in [3.8, 4) is 6.07 Å². The number of carbonyl (C=O) groups excluding carboxylic acids is 1. The topological polar surface area (TPSA) is 121 Å². The first-order valence-electron chi connectivity index (χ1n) is 29.5. The maximum atomic E-state index is 12.6. The van der Waals surface area contributed by atoms with Crippen molar-refractivity contribution in [2.75, 3.05) is 79.1 Å². The minimum atomic E-state index is -1.26. The first-order valence-corrected chi connectivity index (χ1v) is 30.7. The molecule has 0 saturated heterocycles. The predicted octanol–water partition coefficient (Wildman–Crippen LogP) is 16.7. The SMILES string of the molecule is CCCCCCCCCCCCCCCCCCOCC(COC(=O)NCCOCCOCC(CC)OP(OCCC#N)N(CCC)CCC)OCCCCCCCCCCCCCCCCCC. The van der Waals surface area contributed by atoms with Crippen molar-refractivity contribution in [1.82, 2.24) is 9.99 Å². The number of rotatable bonds is 58. The average molecular weight is 1000 g/mol. The number of carbonyl (C=O) groups is 1. The molecule has 0 fully saturated rings. The van der Waals surface area contributed by atoms with E-state index >= 15 is 0 Å². The van der Waals surface area contributed by atoms with Crippen LogP contribution in [-0.4, -0.2) is 102 Å². The third-order valence-corrected chi connectivity index (χ3v) is 14.4. The van der Waals surface area contributed by atoms with Crippen LogP contribution in [0.25, 0.3) is 0 Å². The monoisotopic (exact) mass is 1000 g/mol. The fourth-order valence-electron chi connectivity index (χ4n) is 8.38. The fraction of sp³-hybridized carbons (Fsp3) is 0.965. The minimum Gasteiger partial charge on any atom is -0.447 e. The van der Waals surface area contributed by atoms with Gasteiger partial charge in [-0.3, -0.25) is 0 Å². The number of alkyl carbamates (subject to hydrolysis) is 1. The molecule has 3 unspecified atom stereocenters. The van der Waals surface area contributed by atoms with Crippen molar-refractivity contribution in [3.05, 3.63) is 0 Å². The van der Waals surface area contributed by atoms with E-state index in [9.17, 15) is 4.79 Å². The Hall–Kier alpha value is -1.09. The first-order chi connectivity index (χ1) is 34.1. The predicted molar refractivity (Wildman–Crippen MR) is 291 cm³/mol. The summed E-state index contributed by atoms with van der Waals surface area (Å²) in [7, 11) is -1.26. The average Bonchev–Trinajstić information content (AvgIpc) is 3.35. The van der Waals surface area contributed by atoms with E-state index in [4.69, 9.17) is 38.0 Å². The molecular weight excluding hydrogens is 886 g/mol. The van der Waals surface area contributed by atoms with E-state index in [2.05, 4.69) is 50.7 Å². The van der Waals surface area contributed by atoms with Gasteiger partial charge in [0, 0.05) is 32.8 Å². The van der Waals surface area contributed by atoms with Gasteiger partial charge in [-0.05, 0) is 32.1 Å². The molecule has 1 N–H and O–H groups in total. The molecule has 0 aliphatic heterocycles. The quantitative estimate of drug-likeness (QED) is 0.0466. The summed E-state index contributed by atoms with van der Waals surface area (Å²) in [5.74, 6) is 0. The highest BCUT2D eigenvalue weighted by Gasteiger charge is 2.24. The lowest BCUT2D eigenvalue weighted by atomic mass is 10.0. The zero-order valence-corrected chi connectivity index (χ0v) is 47.1. The lowest BCUT2D eigenvalue weighted by molar-refractivity contribution is -0.0470. The van der Waals surface area contributed by atoms with E-state index in [1.807, 2.05) is 0 Å². The van der Waals surface area contributed by atoms with E-state index in [0.29, 0.717) is 65.8 Å². The lowest BCUT2D eigenvalue weighted by Crippen LogP contribution is -2.33. The fourth-order valence-corrected chi connectivity index (χ4v) is 10.2. The molecule has 0 bridgehead atoms. The second kappa shape index (κ2) is 57.8. The molecule has 1 amide bonds. The van der Waals surface area contributed by atoms with Gasteiger partial charge >= 0.3 is 6.09 Å². The van der Waals surface area contributed by atoms with Crippen LogP contribution in [0, 0.1) is 11.3 Å². The van der Waals surface area contributed by atoms with Crippen molar-refractivity contribution in [2.24, 2.45) is 0 Å². The van der Waals surface area contributed by atoms with Gasteiger partial charge in [0.15, 0.2) is 0 Å². The van der Waals surface area contributed by atoms with Crippen molar-refractivity contribution < 1.29 is 37.5 Å². The molecule has 0 aromatic carbocycles. The normalized spacial score (nSPS) is 12.9. The van der Waals surface area contributed by atoms with E-state index in [-0.39, 0.29) is 18.8 Å². The van der Waals surface area contributed by atoms with Crippen LogP contribution in [0.4, 0.5) is 4.79 Å². The summed E-state index contributed by atoms with van der Waals surface area (Å²) in [5.41, 5.74) is 0. The molecule has 0 radical (unpaired) electrons. The highest BCUT2D eigenvalue weighted by Crippen LogP contribution is 2.45. The largest absolute Gasteiger partial charge is 0.447 e. The van der Waals surface area contributed by atoms with Crippen molar-refractivity contribution in [2.45, 2.75) is 278 Å². The molecule has 0 aromatic heterocycles. The Morgan fingerprint density at radius 3 is 1.35 bits per heavy atom. The molecule has 0 aliphatic carbocycles. The van der Waals surface area contributed by atoms with E-state index in [0.717, 1.165) is 45.2 Å². The number of amides is 1. The summed E-state index contributed by atoms with van der Waals surface area (Å²) in [6.45, 7) is 17.0. The van der Waals surface area contributed by atoms with Crippen molar-refractivity contribution in [1.29, 1.82) is 5.26 Å². The van der Waals surface area contributed by atoms with Gasteiger partial charge in [-0.1, -0.05) is 227 Å². The molecule has 0 heterocycles. The Balaban J connectivity index is 4.42. The number of nitrogens with one attached hydrogen (secondary N) is 1. The van der Waals surface area contributed by atoms with Crippen LogP contribution in [0.3, 0.4) is 0 Å². The van der Waals surface area contributed by atoms with Crippen LogP contribution in [0.5, 0.6) is 0 Å². The van der Waals surface area contributed by atoms with Gasteiger partial charge in [0.2, 0.25) is 0 Å². The van der Waals surface area contributed by atoms with Crippen LogP contribution >= 0.6 is 8.53 Å². The second-order valence-electron chi connectivity index (χ2n) is 19.5. The summed E-state index contributed by atoms with van der Waals surface area (Å²) in [4.78, 5) is 12.6. The molecule has 410 valence electrons. The molecule has 12 heteroatoms. The number of nitriles is 1. The van der Waals surface area contributed by atoms with E-state index in [1.54, 1.807) is 0 Å². The third-order valence-electron chi connectivity index (χ3n) is 12.7. The Labute approximate surface area is 429 Å². The summed E-state index contributed by atoms with van der Waals surface area (Å²) < 4.78 is 44.2. The molecule has 3 atom stereocenters. The molecular formula is C57H114N3O8P. The molecule has 0 saturated carbocycles. The van der Waals surface area contributed by atoms with Crippen LogP contribution < -0.4 is 5.32 Å². The minimum absolute atomic E-state index is 0.114. The summed E-state index contributed by atoms with van der Waals surface area (Å²) in [6, 6.07) is 2.15. The van der Waals surface area contributed by atoms with Crippen molar-refractivity contribution in [3.63, 3.8) is 0 Å². The summed E-state index contributed by atoms with van der Waals surface area (Å²) in [6.07, 6.45) is 45.4. The standard InChI is InChI=1S/C57H114N3O8P/c1-6-11-13-15-17-19-21-23-25-27-29-31-33-35-37-39-46-63-53-56(65-47-40-38-36-34-32-30-28-26-24-22-20-18-16-14-12-7-2)54-66-57(61)59-43-49-62-50-51-64-52-55(10-5)68-69(67-48-41-42-58)60(44-8-3)45-9-4/h55-56H,6-41,43-54H2,1-5H3,(H,59,61). The molecule has 11 nitrogen and oxygen atoms in total. The van der Waals surface area contributed by atoms with Gasteiger partial charge in [-0.2, -0.15) is 5.26 Å². The van der Waals surface area contributed by atoms with Crippen molar-refractivity contribution >= 4 is 14.6 Å². The zero-order valence-electron chi connectivity index (χ0n) is 46.2. The Morgan fingerprint density at radius 2 is 0.899 bits per heavy atom. The number of hydrogen-bond acceptors (Lipinski definition) is 10. The molecule has 0 rings (SSSR count). The third kappa shape index (κ3) is 50.2. The van der Waals surface area contributed by atoms with E-state index in [1.165, 1.54) is 193 Å². The van der Waals surface area contributed by atoms with Gasteiger partial charge < -0.3 is 38.0 Å². The summed E-state index contributed by atoms with van der Waals surface area (Å²) >= 11 is 0. The number of hydrogen-bond donors (Lipinski definition) is 1. The zero-order chi connectivity index (χ0) is 50.2. The molecule has 69 heavy (non-hydrogen) atoms. The van der Waals surface area contributed by atoms with Crippen LogP contribution in [0.1, 0.15) is 266 Å². The first kappa shape index (κ1) is 67.9. The lowest BCUT2D eigenvalue weighted by Gasteiger charge is -2.31. The van der Waals surface area contributed by atoms with Gasteiger partial charge in [0.05, 0.1) is 58.2 Å². The Morgan fingerprint density at radius 1 is 0.478 bits per heavy atom. The van der Waals surface area contributed by atoms with Gasteiger partial charge in [-0.25, -0.2) is 9.46 Å². The second-order valence-corrected chi connectivity index (χ2v) is 21.0. The highest BCUT2D eigenvalue weighted by molar-refractivity contribution is 7.44. The molecule has 0 aliphatic rings. The smallest absolute Gasteiger partial charge is 0.407 e. The highest BCUT2D eigenvalue weighted by atomic mass is 31.2. The number of ether oxygens (including phenoxy) is 5. The maximum absolute atomic E-state index is 12.6. The molecule has 0 spiro atoms. The molecule has 0 aromatic rings. The maximum Gasteiger partial charge on any atom is 0.407 e. The Kier molecular flexibility index (Phi) is 56.9. The van der Waals surface area contributed by atoms with E-state index < -0.39 is 14.6 Å².